The van der Waals surface area contributed by atoms with Crippen LogP contribution in [0.4, 0.5) is 0 Å². The molecule has 7 aromatic carbocycles. The molecule has 45 heavy (non-hydrogen) atoms. The molecule has 0 bridgehead atoms. The van der Waals surface area contributed by atoms with E-state index in [1.165, 1.54) is 22.1 Å². The number of rotatable bonds is 3. The van der Waals surface area contributed by atoms with Gasteiger partial charge in [-0.1, -0.05) is 91.0 Å². The first-order valence-electron chi connectivity index (χ1n) is 15.3. The Hall–Kier alpha value is -6.06. The third kappa shape index (κ3) is 3.58. The van der Waals surface area contributed by atoms with Gasteiger partial charge in [-0.3, -0.25) is 0 Å². The lowest BCUT2D eigenvalue weighted by molar-refractivity contribution is 0.669. The van der Waals surface area contributed by atoms with Crippen molar-refractivity contribution in [1.29, 1.82) is 0 Å². The second-order valence-corrected chi connectivity index (χ2v) is 11.7. The molecule has 0 radical (unpaired) electrons. The van der Waals surface area contributed by atoms with Gasteiger partial charge in [-0.2, -0.15) is 0 Å². The summed E-state index contributed by atoms with van der Waals surface area (Å²) >= 11 is 0. The molecule has 3 aromatic heterocycles. The van der Waals surface area contributed by atoms with Crippen LogP contribution in [0.2, 0.25) is 0 Å². The van der Waals surface area contributed by atoms with E-state index in [1.54, 1.807) is 0 Å². The van der Waals surface area contributed by atoms with Gasteiger partial charge < -0.3 is 13.4 Å². The third-order valence-corrected chi connectivity index (χ3v) is 9.22. The van der Waals surface area contributed by atoms with E-state index in [0.29, 0.717) is 0 Å². The van der Waals surface area contributed by atoms with Crippen molar-refractivity contribution in [2.24, 2.45) is 0 Å². The Morgan fingerprint density at radius 3 is 1.73 bits per heavy atom. The largest absolute Gasteiger partial charge is 0.456 e. The molecule has 0 saturated carbocycles. The molecule has 10 rings (SSSR count). The quantitative estimate of drug-likeness (QED) is 0.210. The summed E-state index contributed by atoms with van der Waals surface area (Å²) < 4.78 is 15.0. The lowest BCUT2D eigenvalue weighted by Crippen LogP contribution is -1.93. The molecule has 3 heterocycles. The third-order valence-electron chi connectivity index (χ3n) is 9.22. The van der Waals surface area contributed by atoms with Gasteiger partial charge in [0, 0.05) is 32.6 Å². The van der Waals surface area contributed by atoms with Crippen molar-refractivity contribution >= 4 is 65.7 Å². The number of benzene rings is 7. The fourth-order valence-electron chi connectivity index (χ4n) is 7.08. The Bertz CT molecular complexity index is 2740. The summed E-state index contributed by atoms with van der Waals surface area (Å²) in [7, 11) is 0. The van der Waals surface area contributed by atoms with E-state index in [0.717, 1.165) is 71.5 Å². The molecule has 0 aliphatic carbocycles. The summed E-state index contributed by atoms with van der Waals surface area (Å²) in [5.74, 6) is 0. The molecule has 0 unspecified atom stereocenters. The fraction of sp³-hybridized carbons (Fsp3) is 0. The number of para-hydroxylation sites is 2. The minimum absolute atomic E-state index is 0.909. The van der Waals surface area contributed by atoms with Crippen molar-refractivity contribution < 1.29 is 8.83 Å². The summed E-state index contributed by atoms with van der Waals surface area (Å²) in [5.41, 5.74) is 11.8. The summed E-state index contributed by atoms with van der Waals surface area (Å²) in [5, 5.41) is 6.87. The van der Waals surface area contributed by atoms with Gasteiger partial charge in [-0.25, -0.2) is 0 Å². The number of aromatic nitrogens is 1. The summed E-state index contributed by atoms with van der Waals surface area (Å²) in [4.78, 5) is 0. The zero-order chi connectivity index (χ0) is 29.5. The van der Waals surface area contributed by atoms with Gasteiger partial charge in [0.2, 0.25) is 0 Å². The smallest absolute Gasteiger partial charge is 0.145 e. The van der Waals surface area contributed by atoms with Crippen molar-refractivity contribution in [3.8, 4) is 27.9 Å². The molecule has 3 heteroatoms. The topological polar surface area (TPSA) is 31.2 Å². The first-order valence-corrected chi connectivity index (χ1v) is 15.3. The second-order valence-electron chi connectivity index (χ2n) is 11.7. The van der Waals surface area contributed by atoms with Gasteiger partial charge in [0.05, 0.1) is 16.4 Å². The van der Waals surface area contributed by atoms with Crippen molar-refractivity contribution in [3.05, 3.63) is 152 Å². The molecular formula is C42H25NO2. The normalized spacial score (nSPS) is 12.0. The predicted octanol–water partition coefficient (Wildman–Crippen LogP) is 11.9. The van der Waals surface area contributed by atoms with E-state index in [4.69, 9.17) is 8.83 Å². The summed E-state index contributed by atoms with van der Waals surface area (Å²) in [6, 6.07) is 53.7. The van der Waals surface area contributed by atoms with Crippen LogP contribution in [0.15, 0.2) is 160 Å². The molecule has 0 fully saturated rings. The van der Waals surface area contributed by atoms with E-state index in [9.17, 15) is 0 Å². The molecule has 0 N–H and O–H groups in total. The molecule has 3 nitrogen and oxygen atoms in total. The van der Waals surface area contributed by atoms with E-state index < -0.39 is 0 Å². The van der Waals surface area contributed by atoms with Crippen LogP contribution in [-0.4, -0.2) is 4.57 Å². The summed E-state index contributed by atoms with van der Waals surface area (Å²) in [6.45, 7) is 0. The second kappa shape index (κ2) is 9.22. The molecule has 0 amide bonds. The average molecular weight is 576 g/mol. The van der Waals surface area contributed by atoms with E-state index >= 15 is 0 Å². The van der Waals surface area contributed by atoms with Crippen molar-refractivity contribution in [2.45, 2.75) is 0 Å². The van der Waals surface area contributed by atoms with Crippen LogP contribution < -0.4 is 0 Å². The van der Waals surface area contributed by atoms with Crippen LogP contribution in [0, 0.1) is 0 Å². The van der Waals surface area contributed by atoms with Crippen LogP contribution in [0.3, 0.4) is 0 Å². The molecule has 0 atom stereocenters. The number of fused-ring (bicyclic) bond motifs is 10. The van der Waals surface area contributed by atoms with Gasteiger partial charge in [0.15, 0.2) is 0 Å². The highest BCUT2D eigenvalue weighted by Gasteiger charge is 2.19. The van der Waals surface area contributed by atoms with E-state index in [2.05, 4.69) is 138 Å². The molecule has 0 spiro atoms. The number of furan rings is 2. The van der Waals surface area contributed by atoms with Gasteiger partial charge in [0.1, 0.15) is 22.3 Å². The molecular weight excluding hydrogens is 550 g/mol. The number of hydrogen-bond donors (Lipinski definition) is 0. The van der Waals surface area contributed by atoms with Crippen LogP contribution in [0.5, 0.6) is 0 Å². The SMILES string of the molecule is c1ccc(-c2ccc3c(c2)c2c4oc5ccccc5c4ccc2n3-c2ccc(-c3ccc4oc5ccccc5c4c3)cc2)cc1. The van der Waals surface area contributed by atoms with Crippen molar-refractivity contribution in [3.63, 3.8) is 0 Å². The minimum Gasteiger partial charge on any atom is -0.456 e. The zero-order valence-electron chi connectivity index (χ0n) is 24.2. The van der Waals surface area contributed by atoms with E-state index in [-0.39, 0.29) is 0 Å². The molecule has 210 valence electrons. The lowest BCUT2D eigenvalue weighted by atomic mass is 10.0. The Morgan fingerprint density at radius 1 is 0.356 bits per heavy atom. The Balaban J connectivity index is 1.18. The van der Waals surface area contributed by atoms with Gasteiger partial charge in [-0.15, -0.1) is 0 Å². The van der Waals surface area contributed by atoms with Gasteiger partial charge in [0.25, 0.3) is 0 Å². The molecule has 0 aliphatic heterocycles. The minimum atomic E-state index is 0.909. The maximum atomic E-state index is 6.58. The maximum Gasteiger partial charge on any atom is 0.145 e. The zero-order valence-corrected chi connectivity index (χ0v) is 24.2. The van der Waals surface area contributed by atoms with Crippen LogP contribution in [-0.2, 0) is 0 Å². The summed E-state index contributed by atoms with van der Waals surface area (Å²) in [6.07, 6.45) is 0. The van der Waals surface area contributed by atoms with Gasteiger partial charge >= 0.3 is 0 Å². The first-order chi connectivity index (χ1) is 22.3. The Morgan fingerprint density at radius 2 is 0.933 bits per heavy atom. The highest BCUT2D eigenvalue weighted by molar-refractivity contribution is 6.24. The highest BCUT2D eigenvalue weighted by atomic mass is 16.3. The average Bonchev–Trinajstić information content (AvgIpc) is 3.77. The highest BCUT2D eigenvalue weighted by Crippen LogP contribution is 2.42. The number of hydrogen-bond acceptors (Lipinski definition) is 2. The Labute approximate surface area is 258 Å². The fourth-order valence-corrected chi connectivity index (χ4v) is 7.08. The molecule has 10 aromatic rings. The Kier molecular flexibility index (Phi) is 5.00. The van der Waals surface area contributed by atoms with Crippen LogP contribution >= 0.6 is 0 Å². The predicted molar refractivity (Wildman–Crippen MR) is 186 cm³/mol. The van der Waals surface area contributed by atoms with Crippen molar-refractivity contribution in [2.75, 3.05) is 0 Å². The van der Waals surface area contributed by atoms with Gasteiger partial charge in [-0.05, 0) is 82.9 Å². The van der Waals surface area contributed by atoms with Crippen molar-refractivity contribution in [1.82, 2.24) is 4.57 Å². The number of nitrogens with zero attached hydrogens (tertiary/aromatic N) is 1. The van der Waals surface area contributed by atoms with E-state index in [1.807, 2.05) is 18.2 Å². The molecule has 0 aliphatic rings. The molecule has 0 saturated heterocycles. The standard InChI is InChI=1S/C42H25NO2/c1-2-8-26(9-3-1)28-16-21-36-35(25-28)41-37(22-20-33-31-10-4-7-13-39(31)45-42(33)41)43(36)30-18-14-27(15-19-30)29-17-23-40-34(24-29)32-11-5-6-12-38(32)44-40/h1-25H. The lowest BCUT2D eigenvalue weighted by Gasteiger charge is -2.10. The first kappa shape index (κ1) is 24.4. The van der Waals surface area contributed by atoms with Crippen LogP contribution in [0.1, 0.15) is 0 Å². The maximum absolute atomic E-state index is 6.58. The van der Waals surface area contributed by atoms with Crippen LogP contribution in [0.25, 0.3) is 93.6 Å². The monoisotopic (exact) mass is 575 g/mol.